The van der Waals surface area contributed by atoms with Crippen molar-refractivity contribution in [2.75, 3.05) is 40.3 Å². The number of amides is 1. The first-order valence-corrected chi connectivity index (χ1v) is 12.3. The lowest BCUT2D eigenvalue weighted by Crippen LogP contribution is -2.51. The van der Waals surface area contributed by atoms with Crippen LogP contribution in [0.25, 0.3) is 5.57 Å². The Kier molecular flexibility index (Phi) is 7.42. The molecule has 2 aromatic rings. The van der Waals surface area contributed by atoms with Gasteiger partial charge < -0.3 is 19.8 Å². The number of carbonyl (C=O) groups is 1. The minimum Gasteiger partial charge on any atom is -0.388 e. The quantitative estimate of drug-likeness (QED) is 0.669. The van der Waals surface area contributed by atoms with Crippen LogP contribution in [0.5, 0.6) is 0 Å². The average molecular weight is 460 g/mol. The fourth-order valence-electron chi connectivity index (χ4n) is 4.99. The second kappa shape index (κ2) is 10.5. The Morgan fingerprint density at radius 3 is 2.26 bits per heavy atom. The maximum atomic E-state index is 12.9. The van der Waals surface area contributed by atoms with Gasteiger partial charge in [-0.1, -0.05) is 67.6 Å². The Morgan fingerprint density at radius 1 is 1.03 bits per heavy atom. The summed E-state index contributed by atoms with van der Waals surface area (Å²) in [6.07, 6.45) is 6.13. The zero-order valence-electron chi connectivity index (χ0n) is 20.7. The van der Waals surface area contributed by atoms with E-state index in [4.69, 9.17) is 0 Å². The van der Waals surface area contributed by atoms with E-state index in [9.17, 15) is 9.90 Å². The van der Waals surface area contributed by atoms with Crippen LogP contribution < -0.4 is 0 Å². The lowest BCUT2D eigenvalue weighted by atomic mass is 9.89. The number of rotatable bonds is 7. The number of likely N-dealkylation sites (N-methyl/N-ethyl adjacent to an activating group) is 1. The van der Waals surface area contributed by atoms with Gasteiger partial charge >= 0.3 is 0 Å². The summed E-state index contributed by atoms with van der Waals surface area (Å²) >= 11 is 0. The van der Waals surface area contributed by atoms with Gasteiger partial charge in [-0.3, -0.25) is 4.79 Å². The van der Waals surface area contributed by atoms with Crippen molar-refractivity contribution in [3.05, 3.63) is 89.8 Å². The number of likely N-dealkylation sites (tertiary alicyclic amines) is 1. The van der Waals surface area contributed by atoms with Gasteiger partial charge in [0.1, 0.15) is 0 Å². The summed E-state index contributed by atoms with van der Waals surface area (Å²) in [5, 5.41) is 11.4. The van der Waals surface area contributed by atoms with E-state index >= 15 is 0 Å². The van der Waals surface area contributed by atoms with E-state index < -0.39 is 5.60 Å². The molecule has 5 heteroatoms. The van der Waals surface area contributed by atoms with E-state index in [1.165, 1.54) is 22.4 Å². The fraction of sp³-hybridized carbons (Fsp3) is 0.414. The molecule has 0 aromatic heterocycles. The van der Waals surface area contributed by atoms with Crippen molar-refractivity contribution in [1.82, 2.24) is 14.7 Å². The summed E-state index contributed by atoms with van der Waals surface area (Å²) in [4.78, 5) is 19.2. The highest BCUT2D eigenvalue weighted by molar-refractivity contribution is 5.79. The molecule has 2 aliphatic heterocycles. The maximum Gasteiger partial charge on any atom is 0.223 e. The molecule has 4 rings (SSSR count). The van der Waals surface area contributed by atoms with E-state index in [2.05, 4.69) is 79.5 Å². The predicted octanol–water partition coefficient (Wildman–Crippen LogP) is 4.34. The third-order valence-electron chi connectivity index (χ3n) is 7.07. The van der Waals surface area contributed by atoms with Crippen LogP contribution in [0.15, 0.2) is 78.6 Å². The summed E-state index contributed by atoms with van der Waals surface area (Å²) in [5.41, 5.74) is 3.95. The number of carbonyl (C=O) groups excluding carboxylic acids is 1. The van der Waals surface area contributed by atoms with Crippen molar-refractivity contribution >= 4 is 11.5 Å². The molecule has 180 valence electrons. The molecule has 2 heterocycles. The average Bonchev–Trinajstić information content (AvgIpc) is 2.85. The first-order chi connectivity index (χ1) is 16.3. The molecule has 0 spiro atoms. The van der Waals surface area contributed by atoms with Crippen molar-refractivity contribution < 1.29 is 9.90 Å². The van der Waals surface area contributed by atoms with Crippen LogP contribution in [0, 0.1) is 0 Å². The highest BCUT2D eigenvalue weighted by Crippen LogP contribution is 2.31. The van der Waals surface area contributed by atoms with Gasteiger partial charge in [-0.05, 0) is 36.0 Å². The molecule has 0 radical (unpaired) electrons. The van der Waals surface area contributed by atoms with Crippen molar-refractivity contribution in [3.63, 3.8) is 0 Å². The molecule has 1 amide bonds. The Labute approximate surface area is 204 Å². The van der Waals surface area contributed by atoms with Crippen LogP contribution in [0.3, 0.4) is 0 Å². The minimum atomic E-state index is -0.788. The molecule has 1 N–H and O–H groups in total. The number of piperidine rings is 1. The lowest BCUT2D eigenvalue weighted by molar-refractivity contribution is -0.136. The molecule has 1 atom stereocenters. The number of β-amino-alcohol motifs (C(OH)–C–C–N with tert-alkyl or cyclic N) is 1. The molecular weight excluding hydrogens is 422 g/mol. The molecule has 2 aliphatic rings. The third kappa shape index (κ3) is 5.71. The summed E-state index contributed by atoms with van der Waals surface area (Å²) in [7, 11) is 4.13. The van der Waals surface area contributed by atoms with E-state index in [1.807, 2.05) is 29.2 Å². The highest BCUT2D eigenvalue weighted by Gasteiger charge is 2.36. The van der Waals surface area contributed by atoms with Gasteiger partial charge in [-0.25, -0.2) is 0 Å². The zero-order valence-corrected chi connectivity index (χ0v) is 20.7. The molecule has 0 unspecified atom stereocenters. The van der Waals surface area contributed by atoms with E-state index in [1.54, 1.807) is 0 Å². The van der Waals surface area contributed by atoms with Gasteiger partial charge in [0.2, 0.25) is 5.91 Å². The third-order valence-corrected chi connectivity index (χ3v) is 7.07. The molecule has 1 fully saturated rings. The minimum absolute atomic E-state index is 0.182. The number of nitrogens with zero attached hydrogens (tertiary/aromatic N) is 3. The first kappa shape index (κ1) is 24.1. The van der Waals surface area contributed by atoms with Crippen LogP contribution in [0.4, 0.5) is 0 Å². The Balaban J connectivity index is 1.36. The van der Waals surface area contributed by atoms with Gasteiger partial charge in [0, 0.05) is 64.2 Å². The molecule has 0 bridgehead atoms. The second-order valence-corrected chi connectivity index (χ2v) is 9.94. The highest BCUT2D eigenvalue weighted by atomic mass is 16.3. The van der Waals surface area contributed by atoms with Crippen molar-refractivity contribution in [3.8, 4) is 0 Å². The monoisotopic (exact) mass is 459 g/mol. The largest absolute Gasteiger partial charge is 0.388 e. The van der Waals surface area contributed by atoms with Gasteiger partial charge in [0.05, 0.1) is 5.60 Å². The van der Waals surface area contributed by atoms with E-state index in [0.717, 1.165) is 6.54 Å². The van der Waals surface area contributed by atoms with Gasteiger partial charge in [0.15, 0.2) is 0 Å². The number of hydrogen-bond acceptors (Lipinski definition) is 4. The Morgan fingerprint density at radius 2 is 1.65 bits per heavy atom. The predicted molar refractivity (Wildman–Crippen MR) is 138 cm³/mol. The topological polar surface area (TPSA) is 47.0 Å². The number of allylic oxidation sites excluding steroid dienone is 1. The van der Waals surface area contributed by atoms with E-state index in [0.29, 0.717) is 38.9 Å². The lowest BCUT2D eigenvalue weighted by Gasteiger charge is -2.42. The van der Waals surface area contributed by atoms with Crippen LogP contribution in [0.2, 0.25) is 0 Å². The molecule has 0 aliphatic carbocycles. The van der Waals surface area contributed by atoms with Crippen LogP contribution >= 0.6 is 0 Å². The zero-order chi connectivity index (χ0) is 24.1. The van der Waals surface area contributed by atoms with Crippen LogP contribution in [0.1, 0.15) is 43.2 Å². The second-order valence-electron chi connectivity index (χ2n) is 9.94. The molecule has 1 saturated heterocycles. The summed E-state index contributed by atoms with van der Waals surface area (Å²) in [6.45, 7) is 4.67. The summed E-state index contributed by atoms with van der Waals surface area (Å²) in [6, 6.07) is 20.6. The molecular formula is C29H37N3O2. The number of hydrogen-bond donors (Lipinski definition) is 1. The normalized spacial score (nSPS) is 18.7. The summed E-state index contributed by atoms with van der Waals surface area (Å²) in [5.74, 6) is 0.378. The van der Waals surface area contributed by atoms with Crippen molar-refractivity contribution in [1.29, 1.82) is 0 Å². The Hall–Kier alpha value is -3.05. The first-order valence-electron chi connectivity index (χ1n) is 12.3. The molecule has 34 heavy (non-hydrogen) atoms. The van der Waals surface area contributed by atoms with Crippen molar-refractivity contribution in [2.24, 2.45) is 0 Å². The SMILES string of the molecule is C[C@H](CC(=O)N1CCC(O)(CN2C=C(c3ccccc3)C(N(C)C)=CC2)CC1)c1ccccc1. The number of aliphatic hydroxyl groups is 1. The molecule has 2 aromatic carbocycles. The Bertz CT molecular complexity index is 1020. The maximum absolute atomic E-state index is 12.9. The standard InChI is InChI=1S/C29H37N3O2/c1-23(24-10-6-4-7-11-24)20-28(33)32-18-15-29(34,16-19-32)22-31-17-14-27(30(2)3)26(21-31)25-12-8-5-9-13-25/h4-14,21,23,34H,15-20,22H2,1-3H3/t23-/m1/s1. The van der Waals surface area contributed by atoms with E-state index in [-0.39, 0.29) is 11.8 Å². The molecule has 5 nitrogen and oxygen atoms in total. The van der Waals surface area contributed by atoms with Crippen LogP contribution in [-0.2, 0) is 4.79 Å². The van der Waals surface area contributed by atoms with Gasteiger partial charge in [-0.15, -0.1) is 0 Å². The fourth-order valence-corrected chi connectivity index (χ4v) is 4.99. The number of benzene rings is 2. The van der Waals surface area contributed by atoms with Crippen molar-refractivity contribution in [2.45, 2.75) is 37.7 Å². The smallest absolute Gasteiger partial charge is 0.223 e. The molecule has 0 saturated carbocycles. The van der Waals surface area contributed by atoms with Crippen LogP contribution in [-0.4, -0.2) is 71.6 Å². The van der Waals surface area contributed by atoms with Gasteiger partial charge in [0.25, 0.3) is 0 Å². The summed E-state index contributed by atoms with van der Waals surface area (Å²) < 4.78 is 0. The van der Waals surface area contributed by atoms with Gasteiger partial charge in [-0.2, -0.15) is 0 Å².